The molecule has 1 saturated carbocycles. The predicted octanol–water partition coefficient (Wildman–Crippen LogP) is 2.95. The van der Waals surface area contributed by atoms with Crippen molar-refractivity contribution in [2.45, 2.75) is 45.1 Å². The highest BCUT2D eigenvalue weighted by Crippen LogP contribution is 2.44. The van der Waals surface area contributed by atoms with Crippen LogP contribution in [-0.4, -0.2) is 29.1 Å². The number of hydrogen-bond donors (Lipinski definition) is 1. The molecule has 1 aromatic rings. The third kappa shape index (κ3) is 2.44. The molecular formula is C12H18N2O2S. The molecule has 1 aromatic heterocycles. The van der Waals surface area contributed by atoms with Gasteiger partial charge in [-0.25, -0.2) is 9.78 Å². The maximum absolute atomic E-state index is 11.2. The molecule has 5 heteroatoms. The number of hydrogen-bond acceptors (Lipinski definition) is 4. The van der Waals surface area contributed by atoms with E-state index in [1.54, 1.807) is 0 Å². The molecule has 0 radical (unpaired) electrons. The van der Waals surface area contributed by atoms with E-state index in [9.17, 15) is 9.90 Å². The molecule has 1 fully saturated rings. The van der Waals surface area contributed by atoms with E-state index in [2.05, 4.69) is 23.7 Å². The summed E-state index contributed by atoms with van der Waals surface area (Å²) in [6.45, 7) is 4.24. The van der Waals surface area contributed by atoms with Gasteiger partial charge in [0.25, 0.3) is 0 Å². The number of thiazole rings is 1. The van der Waals surface area contributed by atoms with Gasteiger partial charge < -0.3 is 10.0 Å². The molecule has 0 bridgehead atoms. The van der Waals surface area contributed by atoms with Crippen molar-refractivity contribution in [3.05, 3.63) is 10.6 Å². The van der Waals surface area contributed by atoms with Gasteiger partial charge in [-0.1, -0.05) is 18.3 Å². The first-order chi connectivity index (χ1) is 8.04. The van der Waals surface area contributed by atoms with Crippen LogP contribution in [0.3, 0.4) is 0 Å². The molecule has 94 valence electrons. The van der Waals surface area contributed by atoms with Gasteiger partial charge in [-0.2, -0.15) is 0 Å². The van der Waals surface area contributed by atoms with Crippen molar-refractivity contribution in [2.75, 3.05) is 11.9 Å². The zero-order chi connectivity index (χ0) is 12.6. The van der Waals surface area contributed by atoms with Gasteiger partial charge in [-0.3, -0.25) is 0 Å². The minimum atomic E-state index is -0.840. The van der Waals surface area contributed by atoms with Crippen LogP contribution in [0.2, 0.25) is 0 Å². The van der Waals surface area contributed by atoms with E-state index in [0.717, 1.165) is 30.1 Å². The highest BCUT2D eigenvalue weighted by molar-refractivity contribution is 7.17. The first-order valence-electron chi connectivity index (χ1n) is 6.01. The molecule has 4 nitrogen and oxygen atoms in total. The lowest BCUT2D eigenvalue weighted by atomic mass is 10.2. The molecule has 17 heavy (non-hydrogen) atoms. The number of aromatic nitrogens is 1. The minimum Gasteiger partial charge on any atom is -0.477 e. The summed E-state index contributed by atoms with van der Waals surface area (Å²) in [4.78, 5) is 18.2. The van der Waals surface area contributed by atoms with Gasteiger partial charge in [0.05, 0.1) is 5.69 Å². The van der Waals surface area contributed by atoms with Gasteiger partial charge in [0, 0.05) is 19.0 Å². The summed E-state index contributed by atoms with van der Waals surface area (Å²) < 4.78 is 0. The minimum absolute atomic E-state index is 0.384. The lowest BCUT2D eigenvalue weighted by Gasteiger charge is -2.22. The Kier molecular flexibility index (Phi) is 3.38. The van der Waals surface area contributed by atoms with Crippen molar-refractivity contribution in [1.82, 2.24) is 4.98 Å². The van der Waals surface area contributed by atoms with Crippen molar-refractivity contribution < 1.29 is 9.90 Å². The van der Waals surface area contributed by atoms with Crippen LogP contribution in [0.5, 0.6) is 0 Å². The van der Waals surface area contributed by atoms with Crippen LogP contribution < -0.4 is 4.90 Å². The zero-order valence-electron chi connectivity index (χ0n) is 10.4. The van der Waals surface area contributed by atoms with Crippen molar-refractivity contribution in [3.63, 3.8) is 0 Å². The summed E-state index contributed by atoms with van der Waals surface area (Å²) in [7, 11) is 1.98. The van der Waals surface area contributed by atoms with E-state index in [0.29, 0.717) is 16.8 Å². The van der Waals surface area contributed by atoms with Crippen molar-refractivity contribution in [1.29, 1.82) is 0 Å². The van der Waals surface area contributed by atoms with Gasteiger partial charge >= 0.3 is 5.97 Å². The SMILES string of the molecule is CCC(C)N(C)c1nc(C2CC2)c(C(=O)O)s1. The van der Waals surface area contributed by atoms with Gasteiger partial charge in [0.15, 0.2) is 5.13 Å². The average Bonchev–Trinajstić information content (AvgIpc) is 3.05. The molecule has 1 heterocycles. The second kappa shape index (κ2) is 4.64. The monoisotopic (exact) mass is 254 g/mol. The second-order valence-electron chi connectivity index (χ2n) is 4.66. The largest absolute Gasteiger partial charge is 0.477 e. The third-order valence-electron chi connectivity index (χ3n) is 3.35. The molecule has 1 aliphatic carbocycles. The Balaban J connectivity index is 2.29. The van der Waals surface area contributed by atoms with E-state index in [1.807, 2.05) is 7.05 Å². The number of carboxylic acid groups (broad SMARTS) is 1. The number of rotatable bonds is 5. The van der Waals surface area contributed by atoms with Crippen LogP contribution in [0, 0.1) is 0 Å². The fourth-order valence-corrected chi connectivity index (χ4v) is 2.77. The van der Waals surface area contributed by atoms with E-state index in [-0.39, 0.29) is 0 Å². The van der Waals surface area contributed by atoms with E-state index < -0.39 is 5.97 Å². The average molecular weight is 254 g/mol. The van der Waals surface area contributed by atoms with Crippen LogP contribution in [-0.2, 0) is 0 Å². The standard InChI is InChI=1S/C12H18N2O2S/c1-4-7(2)14(3)12-13-9(8-5-6-8)10(17-12)11(15)16/h7-8H,4-6H2,1-3H3,(H,15,16). The fraction of sp³-hybridized carbons (Fsp3) is 0.667. The van der Waals surface area contributed by atoms with Crippen LogP contribution in [0.1, 0.15) is 54.4 Å². The molecular weight excluding hydrogens is 236 g/mol. The Bertz CT molecular complexity index is 426. The maximum atomic E-state index is 11.2. The summed E-state index contributed by atoms with van der Waals surface area (Å²) in [5.41, 5.74) is 0.799. The first kappa shape index (κ1) is 12.4. The molecule has 2 rings (SSSR count). The number of nitrogens with zero attached hydrogens (tertiary/aromatic N) is 2. The molecule has 0 aromatic carbocycles. The summed E-state index contributed by atoms with van der Waals surface area (Å²) in [6.07, 6.45) is 3.18. The molecule has 0 spiro atoms. The van der Waals surface area contributed by atoms with Crippen LogP contribution >= 0.6 is 11.3 Å². The molecule has 1 aliphatic rings. The Labute approximate surface area is 105 Å². The molecule has 0 aliphatic heterocycles. The summed E-state index contributed by atoms with van der Waals surface area (Å²) >= 11 is 1.30. The van der Waals surface area contributed by atoms with Crippen molar-refractivity contribution >= 4 is 22.4 Å². The topological polar surface area (TPSA) is 53.4 Å². The predicted molar refractivity (Wildman–Crippen MR) is 69.2 cm³/mol. The molecule has 1 N–H and O–H groups in total. The zero-order valence-corrected chi connectivity index (χ0v) is 11.3. The van der Waals surface area contributed by atoms with E-state index >= 15 is 0 Å². The van der Waals surface area contributed by atoms with Gasteiger partial charge in [-0.15, -0.1) is 0 Å². The first-order valence-corrected chi connectivity index (χ1v) is 6.83. The fourth-order valence-electron chi connectivity index (χ4n) is 1.72. The Morgan fingerprint density at radius 3 is 2.76 bits per heavy atom. The molecule has 1 atom stereocenters. The van der Waals surface area contributed by atoms with Gasteiger partial charge in [0.2, 0.25) is 0 Å². The smallest absolute Gasteiger partial charge is 0.347 e. The third-order valence-corrected chi connectivity index (χ3v) is 4.50. The molecule has 0 saturated heterocycles. The normalized spacial score (nSPS) is 16.9. The maximum Gasteiger partial charge on any atom is 0.347 e. The number of carbonyl (C=O) groups is 1. The number of aromatic carboxylic acids is 1. The van der Waals surface area contributed by atoms with Gasteiger partial charge in [0.1, 0.15) is 4.88 Å². The molecule has 1 unspecified atom stereocenters. The lowest BCUT2D eigenvalue weighted by molar-refractivity contribution is 0.0700. The lowest BCUT2D eigenvalue weighted by Crippen LogP contribution is -2.27. The Morgan fingerprint density at radius 1 is 1.65 bits per heavy atom. The van der Waals surface area contributed by atoms with Crippen LogP contribution in [0.25, 0.3) is 0 Å². The highest BCUT2D eigenvalue weighted by Gasteiger charge is 2.32. The van der Waals surface area contributed by atoms with Crippen LogP contribution in [0.15, 0.2) is 0 Å². The number of anilines is 1. The van der Waals surface area contributed by atoms with E-state index in [1.165, 1.54) is 11.3 Å². The summed E-state index contributed by atoms with van der Waals surface area (Å²) in [5.74, 6) is -0.454. The summed E-state index contributed by atoms with van der Waals surface area (Å²) in [5, 5.41) is 10.0. The van der Waals surface area contributed by atoms with Gasteiger partial charge in [-0.05, 0) is 26.2 Å². The molecule has 0 amide bonds. The highest BCUT2D eigenvalue weighted by atomic mass is 32.1. The number of carboxylic acids is 1. The Morgan fingerprint density at radius 2 is 2.29 bits per heavy atom. The second-order valence-corrected chi connectivity index (χ2v) is 5.64. The van der Waals surface area contributed by atoms with Crippen molar-refractivity contribution in [2.24, 2.45) is 0 Å². The quantitative estimate of drug-likeness (QED) is 0.877. The van der Waals surface area contributed by atoms with Crippen LogP contribution in [0.4, 0.5) is 5.13 Å². The Hall–Kier alpha value is -1.10. The summed E-state index contributed by atoms with van der Waals surface area (Å²) in [6, 6.07) is 0.384. The van der Waals surface area contributed by atoms with E-state index in [4.69, 9.17) is 0 Å². The van der Waals surface area contributed by atoms with Crippen molar-refractivity contribution in [3.8, 4) is 0 Å².